The predicted molar refractivity (Wildman–Crippen MR) is 138 cm³/mol. The van der Waals surface area contributed by atoms with Crippen LogP contribution in [0.2, 0.25) is 0 Å². The molecule has 2 atom stereocenters. The van der Waals surface area contributed by atoms with E-state index in [0.29, 0.717) is 43.6 Å². The molecule has 2 amide bonds. The highest BCUT2D eigenvalue weighted by Gasteiger charge is 2.34. The molecule has 5 rings (SSSR count). The normalized spacial score (nSPS) is 19.1. The first-order chi connectivity index (χ1) is 17.8. The fourth-order valence-corrected chi connectivity index (χ4v) is 5.36. The van der Waals surface area contributed by atoms with Gasteiger partial charge in [-0.15, -0.1) is 0 Å². The summed E-state index contributed by atoms with van der Waals surface area (Å²) in [6.45, 7) is 0.721. The summed E-state index contributed by atoms with van der Waals surface area (Å²) in [6, 6.07) is 18.7. The van der Waals surface area contributed by atoms with E-state index in [0.717, 1.165) is 34.7 Å². The average molecular weight is 510 g/mol. The molecular formula is C29H30F3N3O2. The zero-order chi connectivity index (χ0) is 26.0. The fourth-order valence-electron chi connectivity index (χ4n) is 5.36. The van der Waals surface area contributed by atoms with Crippen molar-refractivity contribution < 1.29 is 23.1 Å². The van der Waals surface area contributed by atoms with Crippen LogP contribution in [0.25, 0.3) is 0 Å². The van der Waals surface area contributed by atoms with Crippen molar-refractivity contribution in [2.24, 2.45) is 0 Å². The Kier molecular flexibility index (Phi) is 7.11. The maximum atomic E-state index is 13.5. The summed E-state index contributed by atoms with van der Waals surface area (Å²) in [4.78, 5) is 14.8. The van der Waals surface area contributed by atoms with Gasteiger partial charge in [0.1, 0.15) is 0 Å². The first kappa shape index (κ1) is 25.1. The molecule has 8 heteroatoms. The molecule has 0 fully saturated rings. The third-order valence-electron chi connectivity index (χ3n) is 7.31. The van der Waals surface area contributed by atoms with Gasteiger partial charge >= 0.3 is 12.2 Å². The molecule has 2 unspecified atom stereocenters. The first-order valence-corrected chi connectivity index (χ1v) is 12.6. The number of nitrogens with one attached hydrogen (secondary N) is 2. The second-order valence-corrected chi connectivity index (χ2v) is 9.82. The molecule has 0 saturated carbocycles. The Balaban J connectivity index is 1.34. The van der Waals surface area contributed by atoms with Crippen LogP contribution in [0.15, 0.2) is 66.7 Å². The average Bonchev–Trinajstić information content (AvgIpc) is 2.88. The molecule has 1 aliphatic heterocycles. The molecule has 0 saturated heterocycles. The van der Waals surface area contributed by atoms with Gasteiger partial charge in [0.25, 0.3) is 0 Å². The summed E-state index contributed by atoms with van der Waals surface area (Å²) < 4.78 is 40.5. The van der Waals surface area contributed by atoms with Crippen molar-refractivity contribution in [3.05, 3.63) is 94.5 Å². The Morgan fingerprint density at radius 2 is 1.76 bits per heavy atom. The second kappa shape index (κ2) is 10.5. The van der Waals surface area contributed by atoms with Crippen molar-refractivity contribution >= 4 is 17.4 Å². The van der Waals surface area contributed by atoms with Crippen LogP contribution < -0.4 is 15.5 Å². The van der Waals surface area contributed by atoms with E-state index >= 15 is 0 Å². The predicted octanol–water partition coefficient (Wildman–Crippen LogP) is 5.70. The second-order valence-electron chi connectivity index (χ2n) is 9.82. The van der Waals surface area contributed by atoms with Crippen LogP contribution in [0.5, 0.6) is 0 Å². The standard InChI is InChI=1S/C29H30F3N3O2/c30-29(31,32)22-12-9-21-10-13-23(35(27(21)15-22)18-19-5-2-1-3-6-19)17-33-28(37)34-26-8-4-7-20-11-14-24(36)16-25(20)26/h1-9,12,15,23-24,36H,10-11,13-14,16-18H2,(H2,33,34,37). The van der Waals surface area contributed by atoms with Crippen molar-refractivity contribution in [2.75, 3.05) is 16.8 Å². The molecule has 194 valence electrons. The number of rotatable bonds is 5. The van der Waals surface area contributed by atoms with Crippen LogP contribution in [-0.2, 0) is 32.0 Å². The molecule has 3 N–H and O–H groups in total. The number of aliphatic hydroxyl groups excluding tert-OH is 1. The molecule has 2 aliphatic rings. The first-order valence-electron chi connectivity index (χ1n) is 12.6. The summed E-state index contributed by atoms with van der Waals surface area (Å²) in [5.74, 6) is 0. The molecule has 1 heterocycles. The summed E-state index contributed by atoms with van der Waals surface area (Å²) in [5, 5.41) is 15.9. The number of carbonyl (C=O) groups excluding carboxylic acids is 1. The van der Waals surface area contributed by atoms with Crippen LogP contribution in [0.3, 0.4) is 0 Å². The number of halogens is 3. The maximum absolute atomic E-state index is 13.5. The van der Waals surface area contributed by atoms with E-state index in [1.165, 1.54) is 6.07 Å². The Morgan fingerprint density at radius 1 is 0.973 bits per heavy atom. The number of aryl methyl sites for hydroxylation is 2. The van der Waals surface area contributed by atoms with Gasteiger partial charge in [-0.05, 0) is 66.1 Å². The lowest BCUT2D eigenvalue weighted by atomic mass is 9.88. The van der Waals surface area contributed by atoms with Gasteiger partial charge in [0.2, 0.25) is 0 Å². The summed E-state index contributed by atoms with van der Waals surface area (Å²) in [7, 11) is 0. The van der Waals surface area contributed by atoms with Gasteiger partial charge in [0.05, 0.1) is 11.7 Å². The van der Waals surface area contributed by atoms with Gasteiger partial charge in [-0.2, -0.15) is 13.2 Å². The highest BCUT2D eigenvalue weighted by molar-refractivity contribution is 5.90. The number of amides is 2. The van der Waals surface area contributed by atoms with Gasteiger partial charge in [-0.3, -0.25) is 0 Å². The lowest BCUT2D eigenvalue weighted by molar-refractivity contribution is -0.137. The van der Waals surface area contributed by atoms with Gasteiger partial charge in [0.15, 0.2) is 0 Å². The third-order valence-corrected chi connectivity index (χ3v) is 7.31. The number of aliphatic hydroxyl groups is 1. The van der Waals surface area contributed by atoms with Crippen LogP contribution >= 0.6 is 0 Å². The maximum Gasteiger partial charge on any atom is 0.416 e. The molecule has 3 aromatic carbocycles. The molecule has 37 heavy (non-hydrogen) atoms. The Hall–Kier alpha value is -3.52. The van der Waals surface area contributed by atoms with Gasteiger partial charge in [-0.1, -0.05) is 48.5 Å². The molecule has 1 aliphatic carbocycles. The molecule has 3 aromatic rings. The van der Waals surface area contributed by atoms with Crippen LogP contribution in [0, 0.1) is 0 Å². The number of hydrogen-bond acceptors (Lipinski definition) is 3. The van der Waals surface area contributed by atoms with E-state index < -0.39 is 17.8 Å². The van der Waals surface area contributed by atoms with E-state index in [9.17, 15) is 23.1 Å². The monoisotopic (exact) mass is 509 g/mol. The topological polar surface area (TPSA) is 64.6 Å². The van der Waals surface area contributed by atoms with E-state index in [1.54, 1.807) is 6.07 Å². The Labute approximate surface area is 214 Å². The van der Waals surface area contributed by atoms with Crippen LogP contribution in [-0.4, -0.2) is 29.8 Å². The lowest BCUT2D eigenvalue weighted by Gasteiger charge is -2.39. The number of hydrogen-bond donors (Lipinski definition) is 3. The number of anilines is 2. The Morgan fingerprint density at radius 3 is 2.54 bits per heavy atom. The number of carbonyl (C=O) groups is 1. The molecule has 0 bridgehead atoms. The largest absolute Gasteiger partial charge is 0.416 e. The van der Waals surface area contributed by atoms with Gasteiger partial charge < -0.3 is 20.6 Å². The molecular weight excluding hydrogens is 479 g/mol. The molecule has 0 aromatic heterocycles. The van der Waals surface area contributed by atoms with Crippen molar-refractivity contribution in [3.63, 3.8) is 0 Å². The lowest BCUT2D eigenvalue weighted by Crippen LogP contribution is -2.47. The quantitative estimate of drug-likeness (QED) is 0.414. The number of nitrogens with zero attached hydrogens (tertiary/aromatic N) is 1. The van der Waals surface area contributed by atoms with Crippen molar-refractivity contribution in [2.45, 2.75) is 57.0 Å². The number of alkyl halides is 3. The highest BCUT2D eigenvalue weighted by Crippen LogP contribution is 2.38. The van der Waals surface area contributed by atoms with E-state index in [2.05, 4.69) is 10.6 Å². The Bertz CT molecular complexity index is 1260. The number of fused-ring (bicyclic) bond motifs is 2. The molecule has 5 nitrogen and oxygen atoms in total. The smallest absolute Gasteiger partial charge is 0.393 e. The van der Waals surface area contributed by atoms with Gasteiger partial charge in [0, 0.05) is 36.9 Å². The minimum atomic E-state index is -4.43. The van der Waals surface area contributed by atoms with Crippen LogP contribution in [0.1, 0.15) is 40.7 Å². The zero-order valence-corrected chi connectivity index (χ0v) is 20.4. The summed E-state index contributed by atoms with van der Waals surface area (Å²) in [6.07, 6.45) is -1.54. The van der Waals surface area contributed by atoms with Gasteiger partial charge in [-0.25, -0.2) is 4.79 Å². The molecule has 0 radical (unpaired) electrons. The van der Waals surface area contributed by atoms with Crippen molar-refractivity contribution in [1.29, 1.82) is 0 Å². The summed E-state index contributed by atoms with van der Waals surface area (Å²) >= 11 is 0. The summed E-state index contributed by atoms with van der Waals surface area (Å²) in [5.41, 5.74) is 4.50. The zero-order valence-electron chi connectivity index (χ0n) is 20.4. The fraction of sp³-hybridized carbons (Fsp3) is 0.345. The minimum Gasteiger partial charge on any atom is -0.393 e. The van der Waals surface area contributed by atoms with Crippen molar-refractivity contribution in [3.8, 4) is 0 Å². The third kappa shape index (κ3) is 5.74. The van der Waals surface area contributed by atoms with E-state index in [1.807, 2.05) is 53.4 Å². The number of benzene rings is 3. The van der Waals surface area contributed by atoms with Crippen LogP contribution in [0.4, 0.5) is 29.3 Å². The minimum absolute atomic E-state index is 0.173. The van der Waals surface area contributed by atoms with E-state index in [4.69, 9.17) is 0 Å². The van der Waals surface area contributed by atoms with Crippen molar-refractivity contribution in [1.82, 2.24) is 5.32 Å². The molecule has 0 spiro atoms. The highest BCUT2D eigenvalue weighted by atomic mass is 19.4. The number of urea groups is 1. The SMILES string of the molecule is O=C(NCC1CCc2ccc(C(F)(F)F)cc2N1Cc1ccccc1)Nc1cccc2c1CC(O)CC2. The van der Waals surface area contributed by atoms with E-state index in [-0.39, 0.29) is 18.6 Å².